The largest absolute Gasteiger partial charge is 0.461 e. The minimum atomic E-state index is -0.424. The van der Waals surface area contributed by atoms with E-state index in [0.717, 1.165) is 34.0 Å². The lowest BCUT2D eigenvalue weighted by Gasteiger charge is -2.19. The van der Waals surface area contributed by atoms with Crippen LogP contribution in [0.15, 0.2) is 66.7 Å². The highest BCUT2D eigenvalue weighted by Crippen LogP contribution is 2.29. The van der Waals surface area contributed by atoms with Crippen LogP contribution in [-0.4, -0.2) is 18.4 Å². The van der Waals surface area contributed by atoms with Crippen LogP contribution in [0.2, 0.25) is 0 Å². The highest BCUT2D eigenvalue weighted by molar-refractivity contribution is 6.00. The fourth-order valence-corrected chi connectivity index (χ4v) is 3.86. The van der Waals surface area contributed by atoms with Crippen LogP contribution in [0.4, 0.5) is 5.69 Å². The molecule has 0 radical (unpaired) electrons. The van der Waals surface area contributed by atoms with Crippen molar-refractivity contribution in [3.05, 3.63) is 77.9 Å². The molecular formula is C24H23NO3. The zero-order chi connectivity index (χ0) is 19.5. The van der Waals surface area contributed by atoms with Gasteiger partial charge < -0.3 is 9.64 Å². The van der Waals surface area contributed by atoms with Gasteiger partial charge in [0, 0.05) is 18.7 Å². The van der Waals surface area contributed by atoms with Crippen LogP contribution in [0.5, 0.6) is 0 Å². The molecule has 142 valence electrons. The predicted octanol–water partition coefficient (Wildman–Crippen LogP) is 4.50. The first-order valence-corrected chi connectivity index (χ1v) is 9.69. The van der Waals surface area contributed by atoms with E-state index in [1.807, 2.05) is 66.7 Å². The van der Waals surface area contributed by atoms with Gasteiger partial charge in [0.25, 0.3) is 0 Å². The molecule has 0 aromatic heterocycles. The van der Waals surface area contributed by atoms with Crippen molar-refractivity contribution in [2.45, 2.75) is 26.4 Å². The van der Waals surface area contributed by atoms with E-state index in [2.05, 4.69) is 6.92 Å². The lowest BCUT2D eigenvalue weighted by molar-refractivity contribution is -0.149. The van der Waals surface area contributed by atoms with Crippen molar-refractivity contribution in [2.75, 3.05) is 11.4 Å². The summed E-state index contributed by atoms with van der Waals surface area (Å²) in [5.74, 6) is -0.752. The average molecular weight is 373 g/mol. The van der Waals surface area contributed by atoms with Crippen LogP contribution < -0.4 is 4.90 Å². The van der Waals surface area contributed by atoms with Crippen molar-refractivity contribution in [1.82, 2.24) is 0 Å². The zero-order valence-corrected chi connectivity index (χ0v) is 15.9. The summed E-state index contributed by atoms with van der Waals surface area (Å²) in [7, 11) is 0. The number of rotatable bonds is 5. The van der Waals surface area contributed by atoms with E-state index in [1.165, 1.54) is 0 Å². The first-order chi connectivity index (χ1) is 13.7. The van der Waals surface area contributed by atoms with Crippen molar-refractivity contribution in [3.63, 3.8) is 0 Å². The van der Waals surface area contributed by atoms with E-state index in [9.17, 15) is 9.59 Å². The molecule has 0 saturated carbocycles. The van der Waals surface area contributed by atoms with Crippen LogP contribution in [0.3, 0.4) is 0 Å². The molecule has 0 N–H and O–H groups in total. The van der Waals surface area contributed by atoms with E-state index in [4.69, 9.17) is 4.74 Å². The summed E-state index contributed by atoms with van der Waals surface area (Å²) in [6.07, 6.45) is 1.04. The van der Waals surface area contributed by atoms with Gasteiger partial charge in [-0.25, -0.2) is 0 Å². The van der Waals surface area contributed by atoms with Crippen molar-refractivity contribution in [3.8, 4) is 0 Å². The summed E-state index contributed by atoms with van der Waals surface area (Å²) in [5, 5.41) is 2.20. The first kappa shape index (κ1) is 18.2. The summed E-state index contributed by atoms with van der Waals surface area (Å²) in [6, 6.07) is 21.9. The van der Waals surface area contributed by atoms with Gasteiger partial charge in [-0.2, -0.15) is 0 Å². The minimum absolute atomic E-state index is 0.0204. The van der Waals surface area contributed by atoms with Gasteiger partial charge in [-0.05, 0) is 34.4 Å². The molecule has 1 fully saturated rings. The third kappa shape index (κ3) is 3.50. The predicted molar refractivity (Wildman–Crippen MR) is 110 cm³/mol. The van der Waals surface area contributed by atoms with Crippen LogP contribution in [0, 0.1) is 5.92 Å². The Morgan fingerprint density at radius 1 is 1.00 bits per heavy atom. The third-order valence-electron chi connectivity index (χ3n) is 5.37. The fraction of sp³-hybridized carbons (Fsp3) is 0.250. The molecule has 0 bridgehead atoms. The molecule has 1 amide bonds. The molecule has 3 aromatic carbocycles. The molecule has 1 saturated heterocycles. The third-order valence-corrected chi connectivity index (χ3v) is 5.37. The maximum Gasteiger partial charge on any atom is 0.311 e. The summed E-state index contributed by atoms with van der Waals surface area (Å²) >= 11 is 0. The number of hydrogen-bond acceptors (Lipinski definition) is 3. The maximum atomic E-state index is 12.6. The monoisotopic (exact) mass is 373 g/mol. The van der Waals surface area contributed by atoms with Crippen molar-refractivity contribution >= 4 is 28.3 Å². The normalized spacial score (nSPS) is 16.5. The summed E-state index contributed by atoms with van der Waals surface area (Å²) in [5.41, 5.74) is 2.99. The van der Waals surface area contributed by atoms with E-state index in [1.54, 1.807) is 4.90 Å². The van der Waals surface area contributed by atoms with Gasteiger partial charge in [-0.3, -0.25) is 9.59 Å². The highest BCUT2D eigenvalue weighted by Gasteiger charge is 2.36. The van der Waals surface area contributed by atoms with Gasteiger partial charge in [0.05, 0.1) is 5.92 Å². The van der Waals surface area contributed by atoms with Crippen molar-refractivity contribution < 1.29 is 14.3 Å². The second-order valence-corrected chi connectivity index (χ2v) is 7.13. The van der Waals surface area contributed by atoms with Crippen LogP contribution in [-0.2, 0) is 27.4 Å². The number of ether oxygens (including phenoxy) is 1. The molecule has 4 rings (SSSR count). The molecule has 4 heteroatoms. The topological polar surface area (TPSA) is 46.6 Å². The number of carbonyl (C=O) groups is 2. The minimum Gasteiger partial charge on any atom is -0.461 e. The highest BCUT2D eigenvalue weighted by atomic mass is 16.5. The van der Waals surface area contributed by atoms with E-state index in [-0.39, 0.29) is 24.9 Å². The molecule has 1 heterocycles. The Hall–Kier alpha value is -3.14. The molecule has 1 atom stereocenters. The Labute approximate surface area is 164 Å². The standard InChI is InChI=1S/C24H23NO3/c1-2-17-8-4-6-13-22(17)25-15-20(14-23(25)26)24(27)28-16-19-11-7-10-18-9-3-5-12-21(18)19/h3-13,20H,2,14-16H2,1H3/t20-/m1/s1. The summed E-state index contributed by atoms with van der Waals surface area (Å²) < 4.78 is 5.59. The van der Waals surface area contributed by atoms with Crippen LogP contribution in [0.1, 0.15) is 24.5 Å². The Morgan fingerprint density at radius 2 is 1.71 bits per heavy atom. The number of hydrogen-bond donors (Lipinski definition) is 0. The van der Waals surface area contributed by atoms with Crippen molar-refractivity contribution in [1.29, 1.82) is 0 Å². The van der Waals surface area contributed by atoms with Gasteiger partial charge in [-0.15, -0.1) is 0 Å². The SMILES string of the molecule is CCc1ccccc1N1C[C@H](C(=O)OCc2cccc3ccccc23)CC1=O. The zero-order valence-electron chi connectivity index (χ0n) is 15.9. The number of nitrogens with zero attached hydrogens (tertiary/aromatic N) is 1. The molecule has 3 aromatic rings. The molecular weight excluding hydrogens is 350 g/mol. The number of esters is 1. The van der Waals surface area contributed by atoms with Crippen molar-refractivity contribution in [2.24, 2.45) is 5.92 Å². The van der Waals surface area contributed by atoms with E-state index in [0.29, 0.717) is 6.54 Å². The lowest BCUT2D eigenvalue weighted by Crippen LogP contribution is -2.27. The number of carbonyl (C=O) groups excluding carboxylic acids is 2. The molecule has 1 aliphatic rings. The molecule has 0 aliphatic carbocycles. The Kier molecular flexibility index (Phi) is 5.11. The Bertz CT molecular complexity index is 1020. The first-order valence-electron chi connectivity index (χ1n) is 9.69. The van der Waals surface area contributed by atoms with Gasteiger partial charge in [0.15, 0.2) is 0 Å². The van der Waals surface area contributed by atoms with E-state index >= 15 is 0 Å². The number of benzene rings is 3. The average Bonchev–Trinajstić information content (AvgIpc) is 3.13. The molecule has 1 aliphatic heterocycles. The number of aryl methyl sites for hydroxylation is 1. The van der Waals surface area contributed by atoms with Crippen LogP contribution in [0.25, 0.3) is 10.8 Å². The molecule has 0 spiro atoms. The Morgan fingerprint density at radius 3 is 2.57 bits per heavy atom. The number of para-hydroxylation sites is 1. The molecule has 4 nitrogen and oxygen atoms in total. The molecule has 28 heavy (non-hydrogen) atoms. The quantitative estimate of drug-likeness (QED) is 0.619. The summed E-state index contributed by atoms with van der Waals surface area (Å²) in [4.78, 5) is 26.9. The maximum absolute atomic E-state index is 12.6. The number of amides is 1. The number of anilines is 1. The van der Waals surface area contributed by atoms with Gasteiger partial charge in [0.2, 0.25) is 5.91 Å². The van der Waals surface area contributed by atoms with Crippen LogP contribution >= 0.6 is 0 Å². The van der Waals surface area contributed by atoms with E-state index < -0.39 is 5.92 Å². The lowest BCUT2D eigenvalue weighted by atomic mass is 10.1. The van der Waals surface area contributed by atoms with Gasteiger partial charge >= 0.3 is 5.97 Å². The van der Waals surface area contributed by atoms with Gasteiger partial charge in [0.1, 0.15) is 6.61 Å². The number of fused-ring (bicyclic) bond motifs is 1. The van der Waals surface area contributed by atoms with Gasteiger partial charge in [-0.1, -0.05) is 67.6 Å². The second-order valence-electron chi connectivity index (χ2n) is 7.13. The Balaban J connectivity index is 1.45. The smallest absolute Gasteiger partial charge is 0.311 e. The molecule has 0 unspecified atom stereocenters. The summed E-state index contributed by atoms with van der Waals surface area (Å²) in [6.45, 7) is 2.66. The fourth-order valence-electron chi connectivity index (χ4n) is 3.86. The second kappa shape index (κ2) is 7.85.